The van der Waals surface area contributed by atoms with E-state index in [0.29, 0.717) is 10.4 Å². The molecule has 0 aliphatic heterocycles. The van der Waals surface area contributed by atoms with E-state index in [0.717, 1.165) is 12.1 Å². The van der Waals surface area contributed by atoms with Crippen LogP contribution in [0, 0.1) is 15.9 Å². The first-order chi connectivity index (χ1) is 8.56. The van der Waals surface area contributed by atoms with Crippen LogP contribution in [0.1, 0.15) is 5.76 Å². The number of nitro groups is 1. The number of nitro benzene ring substituents is 1. The number of halogens is 2. The third-order valence-electron chi connectivity index (χ3n) is 2.24. The normalized spacial score (nSPS) is 10.3. The van der Waals surface area contributed by atoms with Gasteiger partial charge in [-0.3, -0.25) is 10.1 Å². The van der Waals surface area contributed by atoms with Crippen LogP contribution in [0.4, 0.5) is 15.8 Å². The van der Waals surface area contributed by atoms with E-state index < -0.39 is 10.7 Å². The second-order valence-electron chi connectivity index (χ2n) is 3.48. The number of hydrogen-bond donors (Lipinski definition) is 1. The molecule has 0 amide bonds. The third kappa shape index (κ3) is 2.86. The van der Waals surface area contributed by atoms with E-state index in [1.807, 2.05) is 0 Å². The van der Waals surface area contributed by atoms with Crippen LogP contribution in [0.15, 0.2) is 39.4 Å². The summed E-state index contributed by atoms with van der Waals surface area (Å²) in [5.41, 5.74) is -0.0606. The number of benzene rings is 1. The van der Waals surface area contributed by atoms with Crippen molar-refractivity contribution in [3.8, 4) is 0 Å². The van der Waals surface area contributed by atoms with Crippen LogP contribution < -0.4 is 5.32 Å². The highest BCUT2D eigenvalue weighted by atomic mass is 79.9. The second-order valence-corrected chi connectivity index (χ2v) is 4.26. The van der Waals surface area contributed by atoms with Gasteiger partial charge in [0.2, 0.25) is 0 Å². The van der Waals surface area contributed by atoms with E-state index in [1.54, 1.807) is 12.1 Å². The fourth-order valence-electron chi connectivity index (χ4n) is 1.43. The molecule has 0 unspecified atom stereocenters. The second kappa shape index (κ2) is 5.18. The summed E-state index contributed by atoms with van der Waals surface area (Å²) in [6, 6.07) is 6.81. The number of nitrogens with one attached hydrogen (secondary N) is 1. The lowest BCUT2D eigenvalue weighted by Gasteiger charge is -2.05. The van der Waals surface area contributed by atoms with Gasteiger partial charge in [-0.25, -0.2) is 4.39 Å². The molecule has 7 heteroatoms. The van der Waals surface area contributed by atoms with Gasteiger partial charge in [0.25, 0.3) is 5.69 Å². The van der Waals surface area contributed by atoms with E-state index >= 15 is 0 Å². The van der Waals surface area contributed by atoms with Crippen molar-refractivity contribution < 1.29 is 13.7 Å². The molecule has 0 atom stereocenters. The molecule has 94 valence electrons. The summed E-state index contributed by atoms with van der Waals surface area (Å²) in [7, 11) is 0. The molecule has 1 N–H and O–H groups in total. The molecule has 1 heterocycles. The van der Waals surface area contributed by atoms with Crippen LogP contribution in [-0.4, -0.2) is 4.92 Å². The van der Waals surface area contributed by atoms with Crippen LogP contribution >= 0.6 is 15.9 Å². The molecule has 0 spiro atoms. The van der Waals surface area contributed by atoms with Gasteiger partial charge in [0, 0.05) is 0 Å². The molecule has 1 aromatic carbocycles. The van der Waals surface area contributed by atoms with Crippen molar-refractivity contribution in [2.45, 2.75) is 6.54 Å². The molecule has 0 radical (unpaired) electrons. The first-order valence-electron chi connectivity index (χ1n) is 4.98. The molecule has 18 heavy (non-hydrogen) atoms. The maximum atomic E-state index is 12.9. The van der Waals surface area contributed by atoms with Gasteiger partial charge in [-0.05, 0) is 40.2 Å². The molecule has 0 saturated heterocycles. The van der Waals surface area contributed by atoms with Crippen LogP contribution in [0.3, 0.4) is 0 Å². The Bertz CT molecular complexity index is 585. The van der Waals surface area contributed by atoms with Crippen molar-refractivity contribution >= 4 is 27.3 Å². The molecule has 2 rings (SSSR count). The van der Waals surface area contributed by atoms with Gasteiger partial charge in [0.15, 0.2) is 4.67 Å². The zero-order chi connectivity index (χ0) is 13.1. The summed E-state index contributed by atoms with van der Waals surface area (Å²) in [6.07, 6.45) is 0. The molecule has 5 nitrogen and oxygen atoms in total. The largest absolute Gasteiger partial charge is 0.452 e. The van der Waals surface area contributed by atoms with Gasteiger partial charge in [-0.15, -0.1) is 0 Å². The number of hydrogen-bond acceptors (Lipinski definition) is 4. The zero-order valence-corrected chi connectivity index (χ0v) is 10.6. The van der Waals surface area contributed by atoms with Crippen molar-refractivity contribution in [2.24, 2.45) is 0 Å². The minimum Gasteiger partial charge on any atom is -0.452 e. The lowest BCUT2D eigenvalue weighted by atomic mass is 10.2. The van der Waals surface area contributed by atoms with Crippen LogP contribution in [0.5, 0.6) is 0 Å². The molecule has 1 aromatic heterocycles. The smallest absolute Gasteiger partial charge is 0.295 e. The summed E-state index contributed by atoms with van der Waals surface area (Å²) < 4.78 is 18.7. The lowest BCUT2D eigenvalue weighted by Crippen LogP contribution is -2.02. The monoisotopic (exact) mass is 314 g/mol. The van der Waals surface area contributed by atoms with Crippen molar-refractivity contribution in [2.75, 3.05) is 5.32 Å². The van der Waals surface area contributed by atoms with Crippen LogP contribution in [-0.2, 0) is 6.54 Å². The molecule has 0 aliphatic rings. The van der Waals surface area contributed by atoms with Crippen LogP contribution in [0.2, 0.25) is 0 Å². The maximum absolute atomic E-state index is 12.9. The zero-order valence-electron chi connectivity index (χ0n) is 9.02. The van der Waals surface area contributed by atoms with Crippen molar-refractivity contribution in [1.82, 2.24) is 0 Å². The predicted molar refractivity (Wildman–Crippen MR) is 66.8 cm³/mol. The Morgan fingerprint density at radius 1 is 1.39 bits per heavy atom. The maximum Gasteiger partial charge on any atom is 0.295 e. The van der Waals surface area contributed by atoms with Gasteiger partial charge in [0.1, 0.15) is 17.3 Å². The first-order valence-corrected chi connectivity index (χ1v) is 5.77. The first kappa shape index (κ1) is 12.6. The third-order valence-corrected chi connectivity index (χ3v) is 2.66. The fourth-order valence-corrected chi connectivity index (χ4v) is 1.77. The van der Waals surface area contributed by atoms with Gasteiger partial charge in [-0.2, -0.15) is 0 Å². The number of anilines is 1. The number of furan rings is 1. The van der Waals surface area contributed by atoms with Crippen molar-refractivity contribution in [1.29, 1.82) is 0 Å². The van der Waals surface area contributed by atoms with Gasteiger partial charge in [-0.1, -0.05) is 0 Å². The van der Waals surface area contributed by atoms with E-state index in [-0.39, 0.29) is 17.9 Å². The molecule has 0 fully saturated rings. The highest BCUT2D eigenvalue weighted by molar-refractivity contribution is 9.10. The summed E-state index contributed by atoms with van der Waals surface area (Å²) in [5, 5.41) is 13.6. The quantitative estimate of drug-likeness (QED) is 0.690. The summed E-state index contributed by atoms with van der Waals surface area (Å²) in [5.74, 6) is -0.0338. The number of rotatable bonds is 4. The average molecular weight is 315 g/mol. The average Bonchev–Trinajstić information content (AvgIpc) is 2.73. The SMILES string of the molecule is O=[N+]([O-])c1cc(F)ccc1NCc1ccc(Br)o1. The van der Waals surface area contributed by atoms with Gasteiger partial charge >= 0.3 is 0 Å². The van der Waals surface area contributed by atoms with Crippen molar-refractivity contribution in [3.05, 3.63) is 56.7 Å². The fraction of sp³-hybridized carbons (Fsp3) is 0.0909. The Labute approximate surface area is 110 Å². The minimum absolute atomic E-state index is 0.244. The molecular formula is C11H8BrFN2O3. The van der Waals surface area contributed by atoms with E-state index in [1.165, 1.54) is 6.07 Å². The summed E-state index contributed by atoms with van der Waals surface area (Å²) in [4.78, 5) is 10.1. The van der Waals surface area contributed by atoms with Gasteiger partial charge in [0.05, 0.1) is 17.5 Å². The Kier molecular flexibility index (Phi) is 3.61. The minimum atomic E-state index is -0.645. The van der Waals surface area contributed by atoms with Crippen LogP contribution in [0.25, 0.3) is 0 Å². The summed E-state index contributed by atoms with van der Waals surface area (Å²) in [6.45, 7) is 0.276. The highest BCUT2D eigenvalue weighted by Gasteiger charge is 2.14. The van der Waals surface area contributed by atoms with E-state index in [4.69, 9.17) is 4.42 Å². The Hall–Kier alpha value is -1.89. The molecule has 0 bridgehead atoms. The summed E-state index contributed by atoms with van der Waals surface area (Å²) >= 11 is 3.15. The molecule has 2 aromatic rings. The highest BCUT2D eigenvalue weighted by Crippen LogP contribution is 2.25. The van der Waals surface area contributed by atoms with E-state index in [2.05, 4.69) is 21.2 Å². The standard InChI is InChI=1S/C11H8BrFN2O3/c12-11-4-2-8(18-11)6-14-9-3-1-7(13)5-10(9)15(16)17/h1-5,14H,6H2. The Morgan fingerprint density at radius 2 is 2.17 bits per heavy atom. The van der Waals surface area contributed by atoms with Gasteiger partial charge < -0.3 is 9.73 Å². The van der Waals surface area contributed by atoms with Crippen molar-refractivity contribution in [3.63, 3.8) is 0 Å². The lowest BCUT2D eigenvalue weighted by molar-refractivity contribution is -0.384. The number of nitrogens with zero attached hydrogens (tertiary/aromatic N) is 1. The molecule has 0 aliphatic carbocycles. The predicted octanol–water partition coefficient (Wildman–Crippen LogP) is 3.70. The van der Waals surface area contributed by atoms with E-state index in [9.17, 15) is 14.5 Å². The molecule has 0 saturated carbocycles. The topological polar surface area (TPSA) is 68.3 Å². The Morgan fingerprint density at radius 3 is 2.78 bits per heavy atom. The Balaban J connectivity index is 2.16. The molecular weight excluding hydrogens is 307 g/mol.